The van der Waals surface area contributed by atoms with E-state index >= 15 is 0 Å². The molecule has 0 aromatic heterocycles. The minimum Gasteiger partial charge on any atom is -0.381 e. The van der Waals surface area contributed by atoms with Gasteiger partial charge in [0.15, 0.2) is 0 Å². The lowest BCUT2D eigenvalue weighted by atomic mass is 9.76. The second kappa shape index (κ2) is 7.01. The average molecular weight is 258 g/mol. The Morgan fingerprint density at radius 3 is 2.47 bits per heavy atom. The van der Waals surface area contributed by atoms with Crippen LogP contribution in [0.15, 0.2) is 0 Å². The zero-order chi connectivity index (χ0) is 12.0. The third-order valence-corrected chi connectivity index (χ3v) is 5.02. The molecule has 1 saturated carbocycles. The van der Waals surface area contributed by atoms with Gasteiger partial charge in [0.2, 0.25) is 0 Å². The fourth-order valence-electron chi connectivity index (χ4n) is 3.01. The smallest absolute Gasteiger partial charge is 0.0530 e. The number of rotatable bonds is 5. The maximum Gasteiger partial charge on any atom is 0.0530 e. The minimum atomic E-state index is 0.381. The van der Waals surface area contributed by atoms with E-state index < -0.39 is 0 Å². The standard InChI is InChI=1S/C14H26O2S/c17-12-14(6-2-1-3-7-14)11-16-10-13-4-8-15-9-5-13/h13,17H,1-12H2. The van der Waals surface area contributed by atoms with E-state index in [1.807, 2.05) is 0 Å². The fraction of sp³-hybridized carbons (Fsp3) is 1.00. The molecule has 100 valence electrons. The van der Waals surface area contributed by atoms with Crippen molar-refractivity contribution >= 4 is 12.6 Å². The Balaban J connectivity index is 1.68. The van der Waals surface area contributed by atoms with Gasteiger partial charge in [-0.2, -0.15) is 12.6 Å². The quantitative estimate of drug-likeness (QED) is 0.763. The van der Waals surface area contributed by atoms with Gasteiger partial charge in [0.25, 0.3) is 0 Å². The van der Waals surface area contributed by atoms with Crippen LogP contribution in [0, 0.1) is 11.3 Å². The van der Waals surface area contributed by atoms with Crippen LogP contribution in [0.1, 0.15) is 44.9 Å². The number of hydrogen-bond donors (Lipinski definition) is 1. The molecule has 17 heavy (non-hydrogen) atoms. The first kappa shape index (κ1) is 13.7. The van der Waals surface area contributed by atoms with E-state index in [-0.39, 0.29) is 0 Å². The van der Waals surface area contributed by atoms with E-state index in [9.17, 15) is 0 Å². The summed E-state index contributed by atoms with van der Waals surface area (Å²) in [6.45, 7) is 3.70. The highest BCUT2D eigenvalue weighted by atomic mass is 32.1. The lowest BCUT2D eigenvalue weighted by molar-refractivity contribution is -0.0130. The molecule has 2 rings (SSSR count). The summed E-state index contributed by atoms with van der Waals surface area (Å²) in [6.07, 6.45) is 9.09. The van der Waals surface area contributed by atoms with Crippen LogP contribution in [0.4, 0.5) is 0 Å². The van der Waals surface area contributed by atoms with Gasteiger partial charge in [-0.1, -0.05) is 19.3 Å². The van der Waals surface area contributed by atoms with Crippen LogP contribution in [0.5, 0.6) is 0 Å². The molecule has 0 atom stereocenters. The molecule has 0 spiro atoms. The van der Waals surface area contributed by atoms with Gasteiger partial charge in [-0.25, -0.2) is 0 Å². The van der Waals surface area contributed by atoms with Crippen LogP contribution in [0.2, 0.25) is 0 Å². The Labute approximate surface area is 111 Å². The Hall–Kier alpha value is 0.270. The highest BCUT2D eigenvalue weighted by Gasteiger charge is 2.31. The van der Waals surface area contributed by atoms with Crippen molar-refractivity contribution in [3.63, 3.8) is 0 Å². The molecule has 1 aliphatic carbocycles. The topological polar surface area (TPSA) is 18.5 Å². The summed E-state index contributed by atoms with van der Waals surface area (Å²) in [6, 6.07) is 0. The van der Waals surface area contributed by atoms with E-state index in [0.29, 0.717) is 5.41 Å². The van der Waals surface area contributed by atoms with Crippen LogP contribution in [0.3, 0.4) is 0 Å². The predicted octanol–water partition coefficient (Wildman–Crippen LogP) is 3.31. The zero-order valence-corrected chi connectivity index (χ0v) is 11.7. The number of thiol groups is 1. The average Bonchev–Trinajstić information content (AvgIpc) is 2.41. The molecule has 0 aromatic carbocycles. The number of hydrogen-bond acceptors (Lipinski definition) is 3. The molecular formula is C14H26O2S. The molecule has 1 saturated heterocycles. The van der Waals surface area contributed by atoms with Crippen molar-refractivity contribution < 1.29 is 9.47 Å². The molecule has 2 nitrogen and oxygen atoms in total. The summed E-state index contributed by atoms with van der Waals surface area (Å²) < 4.78 is 11.4. The SMILES string of the molecule is SCC1(COCC2CCOCC2)CCCCC1. The summed E-state index contributed by atoms with van der Waals surface area (Å²) in [5.74, 6) is 1.71. The van der Waals surface area contributed by atoms with Crippen LogP contribution < -0.4 is 0 Å². The van der Waals surface area contributed by atoms with Crippen LogP contribution in [-0.4, -0.2) is 32.2 Å². The maximum absolute atomic E-state index is 6.00. The molecular weight excluding hydrogens is 232 g/mol. The molecule has 2 fully saturated rings. The second-order valence-corrected chi connectivity index (χ2v) is 6.11. The highest BCUT2D eigenvalue weighted by molar-refractivity contribution is 7.80. The molecule has 0 unspecified atom stereocenters. The van der Waals surface area contributed by atoms with Gasteiger partial charge in [-0.15, -0.1) is 0 Å². The van der Waals surface area contributed by atoms with E-state index in [1.165, 1.54) is 44.9 Å². The monoisotopic (exact) mass is 258 g/mol. The Kier molecular flexibility index (Phi) is 5.64. The van der Waals surface area contributed by atoms with Crippen LogP contribution in [-0.2, 0) is 9.47 Å². The maximum atomic E-state index is 6.00. The fourth-order valence-corrected chi connectivity index (χ4v) is 3.41. The largest absolute Gasteiger partial charge is 0.381 e. The van der Waals surface area contributed by atoms with Gasteiger partial charge >= 0.3 is 0 Å². The van der Waals surface area contributed by atoms with Gasteiger partial charge < -0.3 is 9.47 Å². The summed E-state index contributed by atoms with van der Waals surface area (Å²) in [4.78, 5) is 0. The van der Waals surface area contributed by atoms with Crippen molar-refractivity contribution in [2.24, 2.45) is 11.3 Å². The van der Waals surface area contributed by atoms with Gasteiger partial charge in [0.1, 0.15) is 0 Å². The number of ether oxygens (including phenoxy) is 2. The Morgan fingerprint density at radius 1 is 1.12 bits per heavy atom. The van der Waals surface area contributed by atoms with Crippen molar-refractivity contribution in [2.45, 2.75) is 44.9 Å². The van der Waals surface area contributed by atoms with E-state index in [1.54, 1.807) is 0 Å². The van der Waals surface area contributed by atoms with E-state index in [2.05, 4.69) is 12.6 Å². The molecule has 1 heterocycles. The lowest BCUT2D eigenvalue weighted by Crippen LogP contribution is -2.33. The molecule has 3 heteroatoms. The van der Waals surface area contributed by atoms with Crippen LogP contribution in [0.25, 0.3) is 0 Å². The molecule has 0 radical (unpaired) electrons. The van der Waals surface area contributed by atoms with Gasteiger partial charge in [0.05, 0.1) is 6.61 Å². The van der Waals surface area contributed by atoms with Crippen molar-refractivity contribution in [3.05, 3.63) is 0 Å². The van der Waals surface area contributed by atoms with Gasteiger partial charge in [-0.05, 0) is 37.4 Å². The third kappa shape index (κ3) is 4.15. The summed E-state index contributed by atoms with van der Waals surface area (Å²) in [7, 11) is 0. The van der Waals surface area contributed by atoms with Crippen molar-refractivity contribution in [1.29, 1.82) is 0 Å². The first-order valence-electron chi connectivity index (χ1n) is 7.11. The van der Waals surface area contributed by atoms with Gasteiger partial charge in [-0.3, -0.25) is 0 Å². The van der Waals surface area contributed by atoms with E-state index in [0.717, 1.165) is 38.1 Å². The molecule has 0 N–H and O–H groups in total. The highest BCUT2D eigenvalue weighted by Crippen LogP contribution is 2.37. The molecule has 2 aliphatic rings. The predicted molar refractivity (Wildman–Crippen MR) is 73.7 cm³/mol. The Morgan fingerprint density at radius 2 is 1.82 bits per heavy atom. The molecule has 0 bridgehead atoms. The summed E-state index contributed by atoms with van der Waals surface area (Å²) in [5, 5.41) is 0. The van der Waals surface area contributed by atoms with Gasteiger partial charge in [0, 0.05) is 25.2 Å². The summed E-state index contributed by atoms with van der Waals surface area (Å²) in [5.41, 5.74) is 0.381. The summed E-state index contributed by atoms with van der Waals surface area (Å²) >= 11 is 4.55. The lowest BCUT2D eigenvalue weighted by Gasteiger charge is -2.36. The van der Waals surface area contributed by atoms with Crippen LogP contribution >= 0.6 is 12.6 Å². The first-order valence-corrected chi connectivity index (χ1v) is 7.74. The van der Waals surface area contributed by atoms with Crippen molar-refractivity contribution in [1.82, 2.24) is 0 Å². The molecule has 1 aliphatic heterocycles. The zero-order valence-electron chi connectivity index (χ0n) is 10.8. The second-order valence-electron chi connectivity index (χ2n) is 5.79. The Bertz CT molecular complexity index is 208. The molecule has 0 aromatic rings. The third-order valence-electron chi connectivity index (χ3n) is 4.35. The normalized spacial score (nSPS) is 25.9. The van der Waals surface area contributed by atoms with E-state index in [4.69, 9.17) is 9.47 Å². The van der Waals surface area contributed by atoms with Crippen molar-refractivity contribution in [3.8, 4) is 0 Å². The molecule has 0 amide bonds. The first-order chi connectivity index (χ1) is 8.35. The minimum absolute atomic E-state index is 0.381. The van der Waals surface area contributed by atoms with Crippen molar-refractivity contribution in [2.75, 3.05) is 32.2 Å².